The maximum Gasteiger partial charge on any atom is 0.416 e. The van der Waals surface area contributed by atoms with Crippen molar-refractivity contribution in [3.63, 3.8) is 0 Å². The maximum absolute atomic E-state index is 13.0. The molecule has 0 bridgehead atoms. The van der Waals surface area contributed by atoms with Gasteiger partial charge in [-0.05, 0) is 18.2 Å². The molecule has 0 spiro atoms. The lowest BCUT2D eigenvalue weighted by atomic mass is 10.1. The molecule has 2 N–H and O–H groups in total. The van der Waals surface area contributed by atoms with Gasteiger partial charge in [0.25, 0.3) is 5.91 Å². The van der Waals surface area contributed by atoms with Gasteiger partial charge in [0.05, 0.1) is 11.3 Å². The molecule has 0 saturated heterocycles. The number of nitrogens with one attached hydrogen (secondary N) is 1. The number of carbonyl (C=O) groups is 1. The van der Waals surface area contributed by atoms with E-state index in [1.807, 2.05) is 0 Å². The van der Waals surface area contributed by atoms with Crippen LogP contribution >= 0.6 is 11.6 Å². The van der Waals surface area contributed by atoms with E-state index >= 15 is 0 Å². The van der Waals surface area contributed by atoms with Crippen LogP contribution < -0.4 is 5.73 Å². The lowest BCUT2D eigenvalue weighted by molar-refractivity contribution is -0.137. The number of halogens is 4. The standard InChI is InChI=1S/C14H7ClF3N4O2/c15-8-2-6(1-7(3-8)14(16,17)18)9-4-10(23)11(12(19)24)13-20-5-21-22(9)13/h1-5,19,23H. The molecule has 0 fully saturated rings. The molecule has 0 aliphatic heterocycles. The number of amides is 1. The monoisotopic (exact) mass is 355 g/mol. The quantitative estimate of drug-likeness (QED) is 0.764. The van der Waals surface area contributed by atoms with Crippen LogP contribution in [0.3, 0.4) is 0 Å². The van der Waals surface area contributed by atoms with Gasteiger partial charge in [0, 0.05) is 16.7 Å². The van der Waals surface area contributed by atoms with E-state index in [1.165, 1.54) is 6.07 Å². The van der Waals surface area contributed by atoms with Crippen LogP contribution in [0, 0.1) is 0 Å². The Balaban J connectivity index is 2.32. The summed E-state index contributed by atoms with van der Waals surface area (Å²) in [4.78, 5) is 15.1. The van der Waals surface area contributed by atoms with Gasteiger partial charge in [0.15, 0.2) is 5.65 Å². The second-order valence-corrected chi connectivity index (χ2v) is 5.28. The first-order valence-electron chi connectivity index (χ1n) is 6.38. The first-order valence-corrected chi connectivity index (χ1v) is 6.76. The van der Waals surface area contributed by atoms with E-state index in [2.05, 4.69) is 10.1 Å². The molecule has 3 aromatic rings. The number of aromatic hydroxyl groups is 1. The number of rotatable bonds is 2. The Kier molecular flexibility index (Phi) is 3.60. The van der Waals surface area contributed by atoms with E-state index in [0.717, 1.165) is 29.0 Å². The molecule has 1 radical (unpaired) electrons. The van der Waals surface area contributed by atoms with E-state index < -0.39 is 29.0 Å². The summed E-state index contributed by atoms with van der Waals surface area (Å²) >= 11 is 5.76. The van der Waals surface area contributed by atoms with Crippen LogP contribution in [0.25, 0.3) is 16.9 Å². The average molecular weight is 356 g/mol. The summed E-state index contributed by atoms with van der Waals surface area (Å²) in [7, 11) is 0. The highest BCUT2D eigenvalue weighted by atomic mass is 35.5. The normalized spacial score (nSPS) is 11.8. The Bertz CT molecular complexity index is 969. The number of aromatic nitrogens is 3. The van der Waals surface area contributed by atoms with Crippen LogP contribution in [-0.4, -0.2) is 25.6 Å². The third-order valence-electron chi connectivity index (χ3n) is 3.28. The van der Waals surface area contributed by atoms with Crippen LogP contribution in [-0.2, 0) is 6.18 Å². The van der Waals surface area contributed by atoms with Crippen LogP contribution in [0.15, 0.2) is 30.6 Å². The van der Waals surface area contributed by atoms with E-state index in [1.54, 1.807) is 0 Å². The van der Waals surface area contributed by atoms with E-state index in [4.69, 9.17) is 17.3 Å². The summed E-state index contributed by atoms with van der Waals surface area (Å²) in [6.07, 6.45) is -3.56. The molecule has 0 atom stereocenters. The van der Waals surface area contributed by atoms with Gasteiger partial charge >= 0.3 is 6.18 Å². The van der Waals surface area contributed by atoms with Gasteiger partial charge in [-0.25, -0.2) is 9.50 Å². The van der Waals surface area contributed by atoms with Crippen molar-refractivity contribution >= 4 is 23.2 Å². The minimum Gasteiger partial charge on any atom is -0.507 e. The maximum atomic E-state index is 13.0. The highest BCUT2D eigenvalue weighted by molar-refractivity contribution is 6.31. The number of hydrogen-bond acceptors (Lipinski definition) is 4. The van der Waals surface area contributed by atoms with E-state index in [0.29, 0.717) is 0 Å². The van der Waals surface area contributed by atoms with Crippen LogP contribution in [0.2, 0.25) is 5.02 Å². The summed E-state index contributed by atoms with van der Waals surface area (Å²) < 4.78 is 39.9. The molecule has 1 aromatic carbocycles. The molecule has 0 unspecified atom stereocenters. The van der Waals surface area contributed by atoms with Gasteiger partial charge in [-0.2, -0.15) is 18.3 Å². The largest absolute Gasteiger partial charge is 0.507 e. The molecule has 0 saturated carbocycles. The lowest BCUT2D eigenvalue weighted by Gasteiger charge is -2.12. The average Bonchev–Trinajstić information content (AvgIpc) is 2.93. The fraction of sp³-hybridized carbons (Fsp3) is 0.0714. The van der Waals surface area contributed by atoms with Crippen molar-refractivity contribution in [3.05, 3.63) is 46.7 Å². The van der Waals surface area contributed by atoms with E-state index in [9.17, 15) is 23.1 Å². The fourth-order valence-electron chi connectivity index (χ4n) is 2.29. The van der Waals surface area contributed by atoms with Gasteiger partial charge in [0.2, 0.25) is 0 Å². The Morgan fingerprint density at radius 2 is 1.96 bits per heavy atom. The van der Waals surface area contributed by atoms with Crippen molar-refractivity contribution < 1.29 is 23.1 Å². The number of fused-ring (bicyclic) bond motifs is 1. The highest BCUT2D eigenvalue weighted by Gasteiger charge is 2.31. The summed E-state index contributed by atoms with van der Waals surface area (Å²) in [5.41, 5.74) is 5.71. The molecule has 0 aliphatic rings. The number of carbonyl (C=O) groups excluding carboxylic acids is 1. The first kappa shape index (κ1) is 16.1. The van der Waals surface area contributed by atoms with Crippen molar-refractivity contribution in [1.29, 1.82) is 0 Å². The predicted octanol–water partition coefficient (Wildman–Crippen LogP) is 3.20. The summed E-state index contributed by atoms with van der Waals surface area (Å²) in [6.45, 7) is 0. The summed E-state index contributed by atoms with van der Waals surface area (Å²) in [5.74, 6) is -1.78. The molecule has 2 heterocycles. The second kappa shape index (κ2) is 5.38. The smallest absolute Gasteiger partial charge is 0.416 e. The molecule has 6 nitrogen and oxygen atoms in total. The second-order valence-electron chi connectivity index (χ2n) is 4.84. The molecule has 0 aliphatic carbocycles. The molecule has 123 valence electrons. The molecular formula is C14H7ClF3N4O2. The number of pyridine rings is 1. The number of alkyl halides is 3. The third kappa shape index (κ3) is 2.62. The molecule has 1 amide bonds. The minimum absolute atomic E-state index is 0.0182. The third-order valence-corrected chi connectivity index (χ3v) is 3.50. The topological polar surface area (TPSA) is 91.3 Å². The molecule has 10 heteroatoms. The number of nitrogens with zero attached hydrogens (tertiary/aromatic N) is 3. The zero-order valence-corrected chi connectivity index (χ0v) is 12.4. The van der Waals surface area contributed by atoms with Gasteiger partial charge in [-0.1, -0.05) is 11.6 Å². The molecule has 24 heavy (non-hydrogen) atoms. The predicted molar refractivity (Wildman–Crippen MR) is 77.5 cm³/mol. The fourth-order valence-corrected chi connectivity index (χ4v) is 2.53. The highest BCUT2D eigenvalue weighted by Crippen LogP contribution is 2.36. The Hall–Kier alpha value is -2.81. The van der Waals surface area contributed by atoms with Crippen molar-refractivity contribution in [2.45, 2.75) is 6.18 Å². The molecule has 3 rings (SSSR count). The molecular weight excluding hydrogens is 349 g/mol. The van der Waals surface area contributed by atoms with Gasteiger partial charge in [-0.15, -0.1) is 0 Å². The van der Waals surface area contributed by atoms with Crippen LogP contribution in [0.1, 0.15) is 15.9 Å². The Morgan fingerprint density at radius 3 is 2.58 bits per heavy atom. The van der Waals surface area contributed by atoms with E-state index in [-0.39, 0.29) is 21.9 Å². The zero-order valence-electron chi connectivity index (χ0n) is 11.6. The van der Waals surface area contributed by atoms with Crippen molar-refractivity contribution in [1.82, 2.24) is 20.3 Å². The number of hydrogen-bond donors (Lipinski definition) is 1. The lowest BCUT2D eigenvalue weighted by Crippen LogP contribution is -2.07. The van der Waals surface area contributed by atoms with Crippen LogP contribution in [0.4, 0.5) is 13.2 Å². The van der Waals surface area contributed by atoms with Crippen molar-refractivity contribution in [3.8, 4) is 17.0 Å². The zero-order chi connectivity index (χ0) is 17.6. The first-order chi connectivity index (χ1) is 11.2. The van der Waals surface area contributed by atoms with Crippen LogP contribution in [0.5, 0.6) is 5.75 Å². The minimum atomic E-state index is -4.61. The van der Waals surface area contributed by atoms with Crippen molar-refractivity contribution in [2.24, 2.45) is 0 Å². The molecule has 2 aromatic heterocycles. The summed E-state index contributed by atoms with van der Waals surface area (Å²) in [6, 6.07) is 3.90. The Labute approximate surface area is 137 Å². The van der Waals surface area contributed by atoms with Gasteiger partial charge < -0.3 is 5.11 Å². The number of benzene rings is 1. The SMILES string of the molecule is [NH]C(=O)c1c(O)cc(-c2cc(Cl)cc(C(F)(F)F)c2)n2ncnc12. The van der Waals surface area contributed by atoms with Crippen molar-refractivity contribution in [2.75, 3.05) is 0 Å². The van der Waals surface area contributed by atoms with Gasteiger partial charge in [0.1, 0.15) is 17.6 Å². The summed E-state index contributed by atoms with van der Waals surface area (Å²) in [5, 5.41) is 13.6. The van der Waals surface area contributed by atoms with Gasteiger partial charge in [-0.3, -0.25) is 10.5 Å². The Morgan fingerprint density at radius 1 is 1.25 bits per heavy atom.